The first kappa shape index (κ1) is 14.6. The molecule has 0 aliphatic rings. The molecule has 1 aromatic heterocycles. The van der Waals surface area contributed by atoms with E-state index < -0.39 is 5.97 Å². The zero-order valence-electron chi connectivity index (χ0n) is 11.7. The molecule has 106 valence electrons. The number of aliphatic carboxylic acids is 1. The summed E-state index contributed by atoms with van der Waals surface area (Å²) in [6.45, 7) is 4.70. The number of thiophene rings is 1. The lowest BCUT2D eigenvalue weighted by molar-refractivity contribution is -0.136. The van der Waals surface area contributed by atoms with Gasteiger partial charge in [-0.2, -0.15) is 0 Å². The molecule has 1 N–H and O–H groups in total. The molecule has 1 atom stereocenters. The molecule has 2 aromatic rings. The Morgan fingerprint density at radius 1 is 1.30 bits per heavy atom. The van der Waals surface area contributed by atoms with Crippen molar-refractivity contribution in [1.29, 1.82) is 0 Å². The van der Waals surface area contributed by atoms with E-state index in [1.165, 1.54) is 10.4 Å². The Hall–Kier alpha value is -1.81. The lowest BCUT2D eigenvalue weighted by Gasteiger charge is -2.31. The van der Waals surface area contributed by atoms with Crippen LogP contribution >= 0.6 is 11.3 Å². The van der Waals surface area contributed by atoms with Crippen LogP contribution in [0, 0.1) is 6.92 Å². The lowest BCUT2D eigenvalue weighted by atomic mass is 10.1. The van der Waals surface area contributed by atoms with Crippen LogP contribution in [0.1, 0.15) is 29.8 Å². The summed E-state index contributed by atoms with van der Waals surface area (Å²) in [5.41, 5.74) is 2.27. The van der Waals surface area contributed by atoms with E-state index in [0.717, 1.165) is 5.69 Å². The van der Waals surface area contributed by atoms with Crippen molar-refractivity contribution in [2.75, 3.05) is 11.4 Å². The van der Waals surface area contributed by atoms with Gasteiger partial charge in [0.1, 0.15) is 0 Å². The third kappa shape index (κ3) is 3.39. The number of benzene rings is 1. The Morgan fingerprint density at radius 3 is 2.65 bits per heavy atom. The molecular formula is C16H19NO2S. The maximum Gasteiger partial charge on any atom is 0.305 e. The Morgan fingerprint density at radius 2 is 2.05 bits per heavy atom. The molecule has 0 radical (unpaired) electrons. The predicted octanol–water partition coefficient (Wildman–Crippen LogP) is 4.10. The van der Waals surface area contributed by atoms with Crippen molar-refractivity contribution in [1.82, 2.24) is 0 Å². The summed E-state index contributed by atoms with van der Waals surface area (Å²) in [5, 5.41) is 11.0. The van der Waals surface area contributed by atoms with Crippen molar-refractivity contribution >= 4 is 23.0 Å². The number of aryl methyl sites for hydroxylation is 1. The standard InChI is InChI=1S/C16H19NO2S/c1-12-6-3-4-7-14(12)17(10-9-16(18)19)13(2)15-8-5-11-20-15/h3-8,11,13H,9-10H2,1-2H3,(H,18,19). The van der Waals surface area contributed by atoms with E-state index >= 15 is 0 Å². The molecule has 1 aromatic carbocycles. The second-order valence-corrected chi connectivity index (χ2v) is 5.79. The lowest BCUT2D eigenvalue weighted by Crippen LogP contribution is -2.29. The molecule has 0 saturated heterocycles. The summed E-state index contributed by atoms with van der Waals surface area (Å²) >= 11 is 1.71. The third-order valence-electron chi connectivity index (χ3n) is 3.41. The van der Waals surface area contributed by atoms with E-state index in [9.17, 15) is 4.79 Å². The van der Waals surface area contributed by atoms with E-state index in [-0.39, 0.29) is 12.5 Å². The molecule has 3 nitrogen and oxygen atoms in total. The molecule has 0 fully saturated rings. The third-order valence-corrected chi connectivity index (χ3v) is 4.46. The molecule has 0 spiro atoms. The van der Waals surface area contributed by atoms with Gasteiger partial charge >= 0.3 is 5.97 Å². The molecule has 0 amide bonds. The normalized spacial score (nSPS) is 12.1. The maximum absolute atomic E-state index is 10.9. The van der Waals surface area contributed by atoms with Crippen LogP contribution < -0.4 is 4.90 Å². The molecule has 0 saturated carbocycles. The first-order chi connectivity index (χ1) is 9.59. The number of carboxylic acid groups (broad SMARTS) is 1. The first-order valence-corrected chi connectivity index (χ1v) is 7.55. The van der Waals surface area contributed by atoms with Crippen molar-refractivity contribution in [3.05, 3.63) is 52.2 Å². The van der Waals surface area contributed by atoms with Crippen molar-refractivity contribution in [3.8, 4) is 0 Å². The topological polar surface area (TPSA) is 40.5 Å². The highest BCUT2D eigenvalue weighted by Crippen LogP contribution is 2.31. The number of nitrogens with zero attached hydrogens (tertiary/aromatic N) is 1. The molecule has 0 aliphatic heterocycles. The summed E-state index contributed by atoms with van der Waals surface area (Å²) in [6.07, 6.45) is 0.143. The fraction of sp³-hybridized carbons (Fsp3) is 0.312. The largest absolute Gasteiger partial charge is 0.481 e. The average molecular weight is 289 g/mol. The van der Waals surface area contributed by atoms with Crippen molar-refractivity contribution < 1.29 is 9.90 Å². The molecular weight excluding hydrogens is 270 g/mol. The van der Waals surface area contributed by atoms with Crippen LogP contribution in [0.25, 0.3) is 0 Å². The van der Waals surface area contributed by atoms with Gasteiger partial charge in [-0.3, -0.25) is 4.79 Å². The van der Waals surface area contributed by atoms with Crippen LogP contribution in [-0.2, 0) is 4.79 Å². The number of rotatable bonds is 6. The van der Waals surface area contributed by atoms with Gasteiger partial charge in [-0.25, -0.2) is 0 Å². The van der Waals surface area contributed by atoms with Gasteiger partial charge in [-0.1, -0.05) is 24.3 Å². The van der Waals surface area contributed by atoms with E-state index in [0.29, 0.717) is 6.54 Å². The number of carbonyl (C=O) groups is 1. The fourth-order valence-corrected chi connectivity index (χ4v) is 3.10. The summed E-state index contributed by atoms with van der Waals surface area (Å²) in [7, 11) is 0. The monoisotopic (exact) mass is 289 g/mol. The van der Waals surface area contributed by atoms with Crippen molar-refractivity contribution in [2.24, 2.45) is 0 Å². The zero-order valence-corrected chi connectivity index (χ0v) is 12.6. The predicted molar refractivity (Wildman–Crippen MR) is 83.5 cm³/mol. The van der Waals surface area contributed by atoms with Crippen LogP contribution in [0.5, 0.6) is 0 Å². The molecule has 1 heterocycles. The van der Waals surface area contributed by atoms with Crippen LogP contribution in [0.3, 0.4) is 0 Å². The minimum absolute atomic E-state index is 0.143. The van der Waals surface area contributed by atoms with Crippen LogP contribution in [0.15, 0.2) is 41.8 Å². The minimum atomic E-state index is -0.762. The Labute approximate surface area is 123 Å². The van der Waals surface area contributed by atoms with Gasteiger partial charge in [-0.05, 0) is 36.9 Å². The second-order valence-electron chi connectivity index (χ2n) is 4.82. The zero-order chi connectivity index (χ0) is 14.5. The highest BCUT2D eigenvalue weighted by Gasteiger charge is 2.19. The molecule has 20 heavy (non-hydrogen) atoms. The maximum atomic E-state index is 10.9. The van der Waals surface area contributed by atoms with Crippen molar-refractivity contribution in [3.63, 3.8) is 0 Å². The van der Waals surface area contributed by atoms with Gasteiger partial charge in [0.15, 0.2) is 0 Å². The Bertz CT molecular complexity index is 566. The highest BCUT2D eigenvalue weighted by molar-refractivity contribution is 7.10. The van der Waals surface area contributed by atoms with Gasteiger partial charge < -0.3 is 10.0 Å². The van der Waals surface area contributed by atoms with Gasteiger partial charge in [0.2, 0.25) is 0 Å². The van der Waals surface area contributed by atoms with Gasteiger partial charge in [0.25, 0.3) is 0 Å². The first-order valence-electron chi connectivity index (χ1n) is 6.67. The van der Waals surface area contributed by atoms with E-state index in [4.69, 9.17) is 5.11 Å². The van der Waals surface area contributed by atoms with Gasteiger partial charge in [-0.15, -0.1) is 11.3 Å². The minimum Gasteiger partial charge on any atom is -0.481 e. The number of hydrogen-bond donors (Lipinski definition) is 1. The van der Waals surface area contributed by atoms with Crippen LogP contribution in [0.4, 0.5) is 5.69 Å². The van der Waals surface area contributed by atoms with Gasteiger partial charge in [0, 0.05) is 17.1 Å². The van der Waals surface area contributed by atoms with E-state index in [1.807, 2.05) is 18.2 Å². The van der Waals surface area contributed by atoms with Crippen LogP contribution in [-0.4, -0.2) is 17.6 Å². The quantitative estimate of drug-likeness (QED) is 0.870. The number of anilines is 1. The summed E-state index contributed by atoms with van der Waals surface area (Å²) in [4.78, 5) is 14.3. The fourth-order valence-electron chi connectivity index (χ4n) is 2.31. The molecule has 2 rings (SSSR count). The summed E-state index contributed by atoms with van der Waals surface area (Å²) in [5.74, 6) is -0.762. The van der Waals surface area contributed by atoms with Crippen LogP contribution in [0.2, 0.25) is 0 Å². The molecule has 4 heteroatoms. The Balaban J connectivity index is 2.29. The molecule has 1 unspecified atom stereocenters. The number of para-hydroxylation sites is 1. The second kappa shape index (κ2) is 6.57. The smallest absolute Gasteiger partial charge is 0.305 e. The summed E-state index contributed by atoms with van der Waals surface area (Å²) in [6, 6.07) is 12.4. The highest BCUT2D eigenvalue weighted by atomic mass is 32.1. The van der Waals surface area contributed by atoms with E-state index in [2.05, 4.69) is 42.3 Å². The Kier molecular flexibility index (Phi) is 4.79. The number of carboxylic acids is 1. The average Bonchev–Trinajstić information content (AvgIpc) is 2.94. The summed E-state index contributed by atoms with van der Waals surface area (Å²) < 4.78 is 0. The molecule has 0 bridgehead atoms. The van der Waals surface area contributed by atoms with E-state index in [1.54, 1.807) is 11.3 Å². The molecule has 0 aliphatic carbocycles. The number of hydrogen-bond acceptors (Lipinski definition) is 3. The SMILES string of the molecule is Cc1ccccc1N(CCC(=O)O)C(C)c1cccs1. The van der Waals surface area contributed by atoms with Crippen molar-refractivity contribution in [2.45, 2.75) is 26.3 Å². The van der Waals surface area contributed by atoms with Gasteiger partial charge in [0.05, 0.1) is 12.5 Å².